The van der Waals surface area contributed by atoms with Crippen LogP contribution in [-0.4, -0.2) is 33.9 Å². The molecule has 0 spiro atoms. The molecule has 0 aliphatic rings. The van der Waals surface area contributed by atoms with Crippen molar-refractivity contribution in [3.05, 3.63) is 41.9 Å². The first-order valence-electron chi connectivity index (χ1n) is 8.39. The zero-order valence-corrected chi connectivity index (χ0v) is 16.1. The molecule has 8 nitrogen and oxygen atoms in total. The normalized spacial score (nSPS) is 12.3. The van der Waals surface area contributed by atoms with Crippen LogP contribution in [0.2, 0.25) is 0 Å². The maximum atomic E-state index is 12.7. The van der Waals surface area contributed by atoms with Gasteiger partial charge in [-0.1, -0.05) is 6.07 Å². The molecule has 3 N–H and O–H groups in total. The van der Waals surface area contributed by atoms with Gasteiger partial charge in [0.05, 0.1) is 28.6 Å². The Morgan fingerprint density at radius 2 is 2.15 bits per heavy atom. The van der Waals surface area contributed by atoms with E-state index in [0.717, 1.165) is 5.56 Å². The lowest BCUT2D eigenvalue weighted by Gasteiger charge is -2.16. The van der Waals surface area contributed by atoms with Crippen molar-refractivity contribution in [2.75, 3.05) is 4.72 Å². The number of nitrogens with zero attached hydrogens (tertiary/aromatic N) is 3. The van der Waals surface area contributed by atoms with E-state index < -0.39 is 15.6 Å². The zero-order chi connectivity index (χ0) is 19.8. The molecule has 1 aromatic carbocycles. The van der Waals surface area contributed by atoms with Gasteiger partial charge in [-0.05, 0) is 38.8 Å². The van der Waals surface area contributed by atoms with Crippen molar-refractivity contribution in [1.82, 2.24) is 14.8 Å². The fourth-order valence-electron chi connectivity index (χ4n) is 2.79. The number of aromatic amines is 1. The van der Waals surface area contributed by atoms with Crippen molar-refractivity contribution < 1.29 is 13.5 Å². The largest absolute Gasteiger partial charge is 0.390 e. The Hall–Kier alpha value is -2.83. The summed E-state index contributed by atoms with van der Waals surface area (Å²) in [4.78, 5) is 2.99. The predicted octanol–water partition coefficient (Wildman–Crippen LogP) is 2.51. The molecule has 0 aliphatic heterocycles. The first kappa shape index (κ1) is 18.9. The van der Waals surface area contributed by atoms with E-state index in [9.17, 15) is 18.8 Å². The van der Waals surface area contributed by atoms with Crippen molar-refractivity contribution in [2.24, 2.45) is 0 Å². The number of fused-ring (bicyclic) bond motifs is 1. The minimum absolute atomic E-state index is 0.0269. The van der Waals surface area contributed by atoms with E-state index in [2.05, 4.69) is 20.9 Å². The number of hydrogen-bond acceptors (Lipinski definition) is 5. The van der Waals surface area contributed by atoms with Crippen molar-refractivity contribution in [1.29, 1.82) is 5.26 Å². The van der Waals surface area contributed by atoms with Crippen LogP contribution in [-0.2, 0) is 16.6 Å². The van der Waals surface area contributed by atoms with Gasteiger partial charge < -0.3 is 10.1 Å². The minimum Gasteiger partial charge on any atom is -0.390 e. The van der Waals surface area contributed by atoms with Gasteiger partial charge in [0.25, 0.3) is 10.0 Å². The Kier molecular flexibility index (Phi) is 4.71. The summed E-state index contributed by atoms with van der Waals surface area (Å²) in [6.07, 6.45) is 4.70. The maximum Gasteiger partial charge on any atom is 0.265 e. The van der Waals surface area contributed by atoms with Crippen molar-refractivity contribution in [2.45, 2.75) is 44.2 Å². The smallest absolute Gasteiger partial charge is 0.265 e. The van der Waals surface area contributed by atoms with Crippen molar-refractivity contribution >= 4 is 26.6 Å². The van der Waals surface area contributed by atoms with Gasteiger partial charge in [-0.25, -0.2) is 8.42 Å². The molecule has 0 atom stereocenters. The van der Waals surface area contributed by atoms with Crippen LogP contribution in [0.4, 0.5) is 5.69 Å². The second kappa shape index (κ2) is 6.72. The van der Waals surface area contributed by atoms with Crippen LogP contribution >= 0.6 is 0 Å². The van der Waals surface area contributed by atoms with Gasteiger partial charge in [-0.3, -0.25) is 9.40 Å². The van der Waals surface area contributed by atoms with Crippen LogP contribution < -0.4 is 4.72 Å². The molecule has 0 amide bonds. The third-order valence-corrected chi connectivity index (χ3v) is 5.60. The summed E-state index contributed by atoms with van der Waals surface area (Å²) in [5.74, 6) is 0. The van der Waals surface area contributed by atoms with E-state index in [4.69, 9.17) is 0 Å². The highest BCUT2D eigenvalue weighted by Gasteiger charge is 2.20. The second-order valence-corrected chi connectivity index (χ2v) is 8.78. The molecule has 3 rings (SSSR count). The number of H-pyrrole nitrogens is 1. The maximum absolute atomic E-state index is 12.7. The summed E-state index contributed by atoms with van der Waals surface area (Å²) in [6, 6.07) is 5.52. The molecule has 9 heteroatoms. The molecule has 27 heavy (non-hydrogen) atoms. The Bertz CT molecular complexity index is 1130. The lowest BCUT2D eigenvalue weighted by Crippen LogP contribution is -2.21. The average Bonchev–Trinajstić information content (AvgIpc) is 3.22. The van der Waals surface area contributed by atoms with Gasteiger partial charge in [0.1, 0.15) is 11.0 Å². The Morgan fingerprint density at radius 3 is 2.81 bits per heavy atom. The number of benzene rings is 1. The number of anilines is 1. The lowest BCUT2D eigenvalue weighted by molar-refractivity contribution is 0.0651. The van der Waals surface area contributed by atoms with E-state index in [0.29, 0.717) is 35.1 Å². The molecular weight excluding hydrogens is 366 g/mol. The number of sulfonamides is 1. The summed E-state index contributed by atoms with van der Waals surface area (Å²) < 4.78 is 29.5. The molecule has 0 radical (unpaired) electrons. The van der Waals surface area contributed by atoms with E-state index in [1.165, 1.54) is 17.1 Å². The quantitative estimate of drug-likeness (QED) is 0.599. The molecule has 2 aromatic heterocycles. The minimum atomic E-state index is -3.85. The topological polar surface area (TPSA) is 124 Å². The van der Waals surface area contributed by atoms with Crippen molar-refractivity contribution in [3.8, 4) is 6.07 Å². The molecule has 0 fully saturated rings. The third kappa shape index (κ3) is 3.97. The molecule has 0 unspecified atom stereocenters. The van der Waals surface area contributed by atoms with Crippen LogP contribution in [0.5, 0.6) is 0 Å². The summed E-state index contributed by atoms with van der Waals surface area (Å²) in [5.41, 5.74) is 1.40. The van der Waals surface area contributed by atoms with E-state index >= 15 is 0 Å². The summed E-state index contributed by atoms with van der Waals surface area (Å²) in [6.45, 7) is 5.63. The molecule has 2 heterocycles. The number of aliphatic hydroxyl groups is 1. The summed E-state index contributed by atoms with van der Waals surface area (Å²) >= 11 is 0. The number of nitriles is 1. The van der Waals surface area contributed by atoms with Crippen LogP contribution in [0.15, 0.2) is 35.6 Å². The Labute approximate surface area is 157 Å². The first-order valence-corrected chi connectivity index (χ1v) is 9.87. The van der Waals surface area contributed by atoms with Gasteiger partial charge in [0, 0.05) is 24.3 Å². The SMILES string of the molecule is Cc1ccc(NS(=O)(=O)c2cnn(CCC(C)(C)O)c2)c2[nH]cc(C#N)c12. The molecule has 0 aliphatic carbocycles. The third-order valence-electron chi connectivity index (χ3n) is 4.28. The average molecular weight is 387 g/mol. The van der Waals surface area contributed by atoms with Gasteiger partial charge in [0.2, 0.25) is 0 Å². The number of nitrogens with one attached hydrogen (secondary N) is 2. The summed E-state index contributed by atoms with van der Waals surface area (Å²) in [5, 5.41) is 23.8. The Morgan fingerprint density at radius 1 is 1.41 bits per heavy atom. The lowest BCUT2D eigenvalue weighted by atomic mass is 10.1. The monoisotopic (exact) mass is 387 g/mol. The summed E-state index contributed by atoms with van der Waals surface area (Å²) in [7, 11) is -3.85. The van der Waals surface area contributed by atoms with Crippen LogP contribution in [0.25, 0.3) is 10.9 Å². The van der Waals surface area contributed by atoms with Gasteiger partial charge >= 0.3 is 0 Å². The number of rotatable bonds is 6. The van der Waals surface area contributed by atoms with E-state index in [-0.39, 0.29) is 4.90 Å². The van der Waals surface area contributed by atoms with Gasteiger partial charge in [-0.2, -0.15) is 10.4 Å². The van der Waals surface area contributed by atoms with Gasteiger partial charge in [0.15, 0.2) is 0 Å². The highest BCUT2D eigenvalue weighted by atomic mass is 32.2. The number of aromatic nitrogens is 3. The molecule has 0 bridgehead atoms. The molecule has 142 valence electrons. The number of aryl methyl sites for hydroxylation is 2. The van der Waals surface area contributed by atoms with Gasteiger partial charge in [-0.15, -0.1) is 0 Å². The number of hydrogen-bond donors (Lipinski definition) is 3. The highest BCUT2D eigenvalue weighted by molar-refractivity contribution is 7.92. The highest BCUT2D eigenvalue weighted by Crippen LogP contribution is 2.29. The van der Waals surface area contributed by atoms with E-state index in [1.807, 2.05) is 6.92 Å². The fraction of sp³-hybridized carbons (Fsp3) is 0.333. The molecular formula is C18H21N5O3S. The standard InChI is InChI=1S/C18H21N5O3S/c1-12-4-5-15(17-16(12)13(8-19)9-20-17)22-27(25,26)14-10-21-23(11-14)7-6-18(2,3)24/h4-5,9-11,20,22,24H,6-7H2,1-3H3. The van der Waals surface area contributed by atoms with Crippen molar-refractivity contribution in [3.63, 3.8) is 0 Å². The Balaban J connectivity index is 1.89. The van der Waals surface area contributed by atoms with Crippen LogP contribution in [0.1, 0.15) is 31.4 Å². The second-order valence-electron chi connectivity index (χ2n) is 7.10. The molecule has 0 saturated heterocycles. The molecule has 3 aromatic rings. The fourth-order valence-corrected chi connectivity index (χ4v) is 3.81. The van der Waals surface area contributed by atoms with Crippen LogP contribution in [0, 0.1) is 18.3 Å². The molecule has 0 saturated carbocycles. The van der Waals surface area contributed by atoms with Crippen LogP contribution in [0.3, 0.4) is 0 Å². The first-order chi connectivity index (χ1) is 12.6. The zero-order valence-electron chi connectivity index (χ0n) is 15.3. The predicted molar refractivity (Wildman–Crippen MR) is 102 cm³/mol. The van der Waals surface area contributed by atoms with E-state index in [1.54, 1.807) is 32.2 Å².